The van der Waals surface area contributed by atoms with Crippen molar-refractivity contribution in [2.75, 3.05) is 17.7 Å². The van der Waals surface area contributed by atoms with Crippen LogP contribution in [0.25, 0.3) is 10.9 Å². The maximum atomic E-state index is 14.0. The number of aryl methyl sites for hydroxylation is 2. The molecule has 0 saturated carbocycles. The third kappa shape index (κ3) is 6.02. The van der Waals surface area contributed by atoms with E-state index < -0.39 is 17.9 Å². The Hall–Kier alpha value is -3.78. The lowest BCUT2D eigenvalue weighted by molar-refractivity contribution is 0.0636. The van der Waals surface area contributed by atoms with Crippen LogP contribution in [0.1, 0.15) is 48.4 Å². The minimum atomic E-state index is -0.809. The van der Waals surface area contributed by atoms with Crippen molar-refractivity contribution in [3.8, 4) is 5.75 Å². The van der Waals surface area contributed by atoms with E-state index in [1.54, 1.807) is 31.4 Å². The molecule has 8 heteroatoms. The zero-order chi connectivity index (χ0) is 27.6. The number of Topliss-reactive ketones (excluding diaryl/α,β-unsaturated/α-hetero) is 1. The van der Waals surface area contributed by atoms with E-state index in [2.05, 4.69) is 26.6 Å². The van der Waals surface area contributed by atoms with Gasteiger partial charge in [-0.2, -0.15) is 0 Å². The van der Waals surface area contributed by atoms with Gasteiger partial charge < -0.3 is 19.4 Å². The Balaban J connectivity index is 1.80. The van der Waals surface area contributed by atoms with Crippen molar-refractivity contribution in [3.05, 3.63) is 88.0 Å². The van der Waals surface area contributed by atoms with Gasteiger partial charge in [-0.1, -0.05) is 22.0 Å². The van der Waals surface area contributed by atoms with Gasteiger partial charge in [0.15, 0.2) is 6.17 Å². The number of hydrogen-bond donors (Lipinski definition) is 2. The van der Waals surface area contributed by atoms with E-state index in [1.165, 1.54) is 0 Å². The minimum absolute atomic E-state index is 0.147. The summed E-state index contributed by atoms with van der Waals surface area (Å²) in [4.78, 5) is 26.7. The number of ether oxygens (including phenoxy) is 2. The van der Waals surface area contributed by atoms with Crippen LogP contribution in [-0.4, -0.2) is 29.2 Å². The SMILES string of the molecule is COc1ccc(C(=O)C(Nc2cc(C)c(C)cc2NC(=O)OC(C)(C)C)n2ccc3c(Br)cccc32)cc1. The number of carbonyl (C=O) groups excluding carboxylic acids is 2. The highest BCUT2D eigenvalue weighted by Crippen LogP contribution is 2.33. The maximum Gasteiger partial charge on any atom is 0.412 e. The molecule has 0 fully saturated rings. The number of aromatic nitrogens is 1. The summed E-state index contributed by atoms with van der Waals surface area (Å²) in [5.41, 5.74) is 3.87. The van der Waals surface area contributed by atoms with Gasteiger partial charge in [0.25, 0.3) is 0 Å². The number of methoxy groups -OCH3 is 1. The van der Waals surface area contributed by atoms with Crippen LogP contribution in [0, 0.1) is 13.8 Å². The quantitative estimate of drug-likeness (QED) is 0.218. The fourth-order valence-corrected chi connectivity index (χ4v) is 4.64. The predicted octanol–water partition coefficient (Wildman–Crippen LogP) is 7.87. The lowest BCUT2D eigenvalue weighted by Crippen LogP contribution is -2.29. The van der Waals surface area contributed by atoms with Gasteiger partial charge in [0, 0.05) is 21.6 Å². The van der Waals surface area contributed by atoms with Crippen LogP contribution >= 0.6 is 15.9 Å². The molecule has 0 aliphatic rings. The molecular formula is C30H32BrN3O4. The molecule has 1 atom stereocenters. The van der Waals surface area contributed by atoms with Crippen LogP contribution in [0.2, 0.25) is 0 Å². The fourth-order valence-electron chi connectivity index (χ4n) is 4.15. The highest BCUT2D eigenvalue weighted by atomic mass is 79.9. The molecule has 38 heavy (non-hydrogen) atoms. The van der Waals surface area contributed by atoms with Gasteiger partial charge in [0.1, 0.15) is 11.4 Å². The molecule has 1 amide bonds. The van der Waals surface area contributed by atoms with Gasteiger partial charge in [-0.25, -0.2) is 4.79 Å². The van der Waals surface area contributed by atoms with Gasteiger partial charge in [-0.05, 0) is 100 Å². The predicted molar refractivity (Wildman–Crippen MR) is 155 cm³/mol. The molecule has 1 aromatic heterocycles. The summed E-state index contributed by atoms with van der Waals surface area (Å²) in [7, 11) is 1.59. The van der Waals surface area contributed by atoms with E-state index in [0.717, 1.165) is 26.5 Å². The first-order valence-electron chi connectivity index (χ1n) is 12.3. The standard InChI is InChI=1S/C30H32BrN3O4/c1-18-16-24(25(17-19(18)2)33-29(36)38-30(3,4)5)32-28(27(35)20-10-12-21(37-6)13-11-20)34-15-14-22-23(31)8-7-9-26(22)34/h7-17,28,32H,1-6H3,(H,33,36). The Morgan fingerprint density at radius 1 is 0.947 bits per heavy atom. The summed E-state index contributed by atoms with van der Waals surface area (Å²) in [5, 5.41) is 7.26. The number of fused-ring (bicyclic) bond motifs is 1. The van der Waals surface area contributed by atoms with Crippen LogP contribution in [0.15, 0.2) is 71.3 Å². The average Bonchev–Trinajstić information content (AvgIpc) is 3.29. The van der Waals surface area contributed by atoms with E-state index >= 15 is 0 Å². The molecule has 0 aliphatic carbocycles. The molecule has 0 bridgehead atoms. The molecule has 0 saturated heterocycles. The second kappa shape index (κ2) is 10.9. The van der Waals surface area contributed by atoms with E-state index in [1.807, 2.05) is 81.8 Å². The first-order chi connectivity index (χ1) is 18.0. The molecule has 198 valence electrons. The number of halogens is 1. The monoisotopic (exact) mass is 577 g/mol. The van der Waals surface area contributed by atoms with Gasteiger partial charge >= 0.3 is 6.09 Å². The number of nitrogens with one attached hydrogen (secondary N) is 2. The Morgan fingerprint density at radius 2 is 1.61 bits per heavy atom. The molecule has 4 rings (SSSR count). The lowest BCUT2D eigenvalue weighted by atomic mass is 10.1. The van der Waals surface area contributed by atoms with E-state index in [0.29, 0.717) is 22.7 Å². The van der Waals surface area contributed by atoms with Crippen LogP contribution in [0.4, 0.5) is 16.2 Å². The van der Waals surface area contributed by atoms with Crippen LogP contribution in [0.3, 0.4) is 0 Å². The third-order valence-electron chi connectivity index (χ3n) is 6.17. The van der Waals surface area contributed by atoms with Crippen molar-refractivity contribution in [3.63, 3.8) is 0 Å². The number of rotatable bonds is 7. The Morgan fingerprint density at radius 3 is 2.24 bits per heavy atom. The number of carbonyl (C=O) groups is 2. The molecule has 0 spiro atoms. The van der Waals surface area contributed by atoms with Crippen molar-refractivity contribution >= 4 is 50.1 Å². The number of ketones is 1. The Labute approximate surface area is 231 Å². The smallest absolute Gasteiger partial charge is 0.412 e. The molecule has 0 aliphatic heterocycles. The summed E-state index contributed by atoms with van der Waals surface area (Å²) in [5.74, 6) is 0.519. The average molecular weight is 579 g/mol. The largest absolute Gasteiger partial charge is 0.497 e. The topological polar surface area (TPSA) is 81.6 Å². The number of hydrogen-bond acceptors (Lipinski definition) is 5. The summed E-state index contributed by atoms with van der Waals surface area (Å²) >= 11 is 3.61. The van der Waals surface area contributed by atoms with Crippen molar-refractivity contribution in [2.24, 2.45) is 0 Å². The fraction of sp³-hybridized carbons (Fsp3) is 0.267. The zero-order valence-electron chi connectivity index (χ0n) is 22.4. The second-order valence-electron chi connectivity index (χ2n) is 10.1. The van der Waals surface area contributed by atoms with Gasteiger partial charge in [-0.3, -0.25) is 10.1 Å². The van der Waals surface area contributed by atoms with Crippen LogP contribution in [0.5, 0.6) is 5.75 Å². The molecule has 1 heterocycles. The van der Waals surface area contributed by atoms with Crippen molar-refractivity contribution in [1.29, 1.82) is 0 Å². The number of nitrogens with zero attached hydrogens (tertiary/aromatic N) is 1. The van der Waals surface area contributed by atoms with Crippen molar-refractivity contribution in [2.45, 2.75) is 46.4 Å². The van der Waals surface area contributed by atoms with Gasteiger partial charge in [0.2, 0.25) is 5.78 Å². The first-order valence-corrected chi connectivity index (χ1v) is 13.1. The minimum Gasteiger partial charge on any atom is -0.497 e. The summed E-state index contributed by atoms with van der Waals surface area (Å²) in [6.45, 7) is 9.39. The normalized spacial score (nSPS) is 12.2. The highest BCUT2D eigenvalue weighted by Gasteiger charge is 2.26. The molecule has 3 aromatic carbocycles. The van der Waals surface area contributed by atoms with Gasteiger partial charge in [-0.15, -0.1) is 0 Å². The van der Waals surface area contributed by atoms with Crippen LogP contribution in [-0.2, 0) is 4.74 Å². The lowest BCUT2D eigenvalue weighted by Gasteiger charge is -2.25. The van der Waals surface area contributed by atoms with E-state index in [9.17, 15) is 9.59 Å². The first kappa shape index (κ1) is 27.3. The molecule has 7 nitrogen and oxygen atoms in total. The summed E-state index contributed by atoms with van der Waals surface area (Å²) in [6, 6.07) is 18.7. The number of benzene rings is 3. The van der Waals surface area contributed by atoms with Gasteiger partial charge in [0.05, 0.1) is 24.0 Å². The molecule has 0 radical (unpaired) electrons. The summed E-state index contributed by atoms with van der Waals surface area (Å²) in [6.07, 6.45) is 0.505. The van der Waals surface area contributed by atoms with Crippen molar-refractivity contribution in [1.82, 2.24) is 4.57 Å². The third-order valence-corrected chi connectivity index (χ3v) is 6.86. The number of anilines is 2. The Kier molecular flexibility index (Phi) is 7.83. The summed E-state index contributed by atoms with van der Waals surface area (Å²) < 4.78 is 13.6. The van der Waals surface area contributed by atoms with Crippen LogP contribution < -0.4 is 15.4 Å². The molecule has 1 unspecified atom stereocenters. The highest BCUT2D eigenvalue weighted by molar-refractivity contribution is 9.10. The molecule has 4 aromatic rings. The van der Waals surface area contributed by atoms with E-state index in [-0.39, 0.29) is 5.78 Å². The van der Waals surface area contributed by atoms with E-state index in [4.69, 9.17) is 9.47 Å². The molecule has 2 N–H and O–H groups in total. The Bertz CT molecular complexity index is 1490. The molecular weight excluding hydrogens is 546 g/mol. The zero-order valence-corrected chi connectivity index (χ0v) is 24.0. The number of amides is 1. The second-order valence-corrected chi connectivity index (χ2v) is 11.0. The maximum absolute atomic E-state index is 14.0. The van der Waals surface area contributed by atoms with Crippen molar-refractivity contribution < 1.29 is 19.1 Å².